The molecule has 0 fully saturated rings. The molecule has 0 N–H and O–H groups in total. The molecule has 1 atom stereocenters. The predicted molar refractivity (Wildman–Crippen MR) is 310 cm³/mol. The lowest BCUT2D eigenvalue weighted by atomic mass is 9.82. The van der Waals surface area contributed by atoms with E-state index in [1.165, 1.54) is 106 Å². The molecule has 10 rings (SSSR count). The van der Waals surface area contributed by atoms with Crippen molar-refractivity contribution in [1.29, 1.82) is 0 Å². The summed E-state index contributed by atoms with van der Waals surface area (Å²) in [7, 11) is 0. The predicted octanol–water partition coefficient (Wildman–Crippen LogP) is 20.4. The molecular formula is C70H70. The van der Waals surface area contributed by atoms with E-state index in [1.807, 2.05) is 13.8 Å². The summed E-state index contributed by atoms with van der Waals surface area (Å²) in [6, 6.07) is 69.0. The second-order valence-corrected chi connectivity index (χ2v) is 17.4. The molecule has 0 amide bonds. The maximum atomic E-state index is 3.00. The van der Waals surface area contributed by atoms with Crippen molar-refractivity contribution in [3.8, 4) is 55.6 Å². The first-order valence-electron chi connectivity index (χ1n) is 24.8. The molecule has 8 aromatic carbocycles. The van der Waals surface area contributed by atoms with E-state index >= 15 is 0 Å². The summed E-state index contributed by atoms with van der Waals surface area (Å²) in [5.41, 5.74) is 24.5. The van der Waals surface area contributed by atoms with Gasteiger partial charge >= 0.3 is 0 Å². The van der Waals surface area contributed by atoms with E-state index in [-0.39, 0.29) is 0 Å². The van der Waals surface area contributed by atoms with Gasteiger partial charge in [0.2, 0.25) is 0 Å². The Kier molecular flexibility index (Phi) is 19.2. The van der Waals surface area contributed by atoms with E-state index in [4.69, 9.17) is 0 Å². The Labute approximate surface area is 421 Å². The average Bonchev–Trinajstić information content (AvgIpc) is 3.44. The molecule has 0 spiro atoms. The molecule has 8 aromatic rings. The van der Waals surface area contributed by atoms with Gasteiger partial charge in [-0.2, -0.15) is 0 Å². The normalized spacial score (nSPS) is 13.3. The van der Waals surface area contributed by atoms with Crippen LogP contribution in [0.2, 0.25) is 0 Å². The van der Waals surface area contributed by atoms with Crippen LogP contribution in [0.15, 0.2) is 251 Å². The van der Waals surface area contributed by atoms with Crippen LogP contribution >= 0.6 is 0 Å². The minimum Gasteiger partial charge on any atom is -0.106 e. The van der Waals surface area contributed by atoms with Crippen molar-refractivity contribution in [2.24, 2.45) is 0 Å². The third-order valence-corrected chi connectivity index (χ3v) is 13.0. The van der Waals surface area contributed by atoms with Crippen molar-refractivity contribution >= 4 is 11.1 Å². The average molecular weight is 911 g/mol. The van der Waals surface area contributed by atoms with Crippen molar-refractivity contribution < 1.29 is 0 Å². The molecule has 0 saturated heterocycles. The minimum absolute atomic E-state index is 0.373. The first-order chi connectivity index (χ1) is 34.4. The van der Waals surface area contributed by atoms with Gasteiger partial charge in [0, 0.05) is 5.92 Å². The molecule has 2 aliphatic carbocycles. The first kappa shape index (κ1) is 51.6. The van der Waals surface area contributed by atoms with Crippen molar-refractivity contribution in [2.75, 3.05) is 0 Å². The highest BCUT2D eigenvalue weighted by Crippen LogP contribution is 2.42. The fourth-order valence-electron chi connectivity index (χ4n) is 9.12. The van der Waals surface area contributed by atoms with Crippen LogP contribution in [0.5, 0.6) is 0 Å². The molecule has 0 aliphatic heterocycles. The number of allylic oxidation sites excluding steroid dienone is 8. The summed E-state index contributed by atoms with van der Waals surface area (Å²) >= 11 is 0. The quantitative estimate of drug-likeness (QED) is 0.133. The van der Waals surface area contributed by atoms with E-state index in [0.717, 1.165) is 19.3 Å². The lowest BCUT2D eigenvalue weighted by Gasteiger charge is -2.22. The molecule has 0 aromatic heterocycles. The minimum atomic E-state index is 0.373. The van der Waals surface area contributed by atoms with Gasteiger partial charge in [-0.15, -0.1) is 26.3 Å². The van der Waals surface area contributed by atoms with Gasteiger partial charge in [0.1, 0.15) is 0 Å². The van der Waals surface area contributed by atoms with Crippen molar-refractivity contribution in [3.05, 3.63) is 290 Å². The molecule has 0 bridgehead atoms. The third-order valence-electron chi connectivity index (χ3n) is 13.0. The Morgan fingerprint density at radius 2 is 0.786 bits per heavy atom. The highest BCUT2D eigenvalue weighted by Gasteiger charge is 2.19. The van der Waals surface area contributed by atoms with E-state index in [2.05, 4.69) is 279 Å². The second-order valence-electron chi connectivity index (χ2n) is 17.4. The fraction of sp³-hybridized carbons (Fsp3) is 0.143. The summed E-state index contributed by atoms with van der Waals surface area (Å²) < 4.78 is 0. The number of hydrogen-bond acceptors (Lipinski definition) is 0. The van der Waals surface area contributed by atoms with Crippen LogP contribution in [-0.4, -0.2) is 0 Å². The summed E-state index contributed by atoms with van der Waals surface area (Å²) in [4.78, 5) is 0. The smallest absolute Gasteiger partial charge is 0.00561 e. The Morgan fingerprint density at radius 3 is 1.24 bits per heavy atom. The lowest BCUT2D eigenvalue weighted by Crippen LogP contribution is -2.00. The van der Waals surface area contributed by atoms with Gasteiger partial charge in [0.25, 0.3) is 0 Å². The van der Waals surface area contributed by atoms with Crippen LogP contribution in [0, 0.1) is 27.7 Å². The van der Waals surface area contributed by atoms with E-state index < -0.39 is 0 Å². The molecule has 0 heterocycles. The molecule has 0 radical (unpaired) electrons. The molecule has 0 heteroatoms. The van der Waals surface area contributed by atoms with Crippen LogP contribution in [-0.2, 0) is 0 Å². The van der Waals surface area contributed by atoms with Crippen LogP contribution in [0.25, 0.3) is 66.8 Å². The van der Waals surface area contributed by atoms with E-state index in [9.17, 15) is 0 Å². The number of aryl methyl sites for hydroxylation is 4. The Morgan fingerprint density at radius 1 is 0.371 bits per heavy atom. The van der Waals surface area contributed by atoms with Gasteiger partial charge in [-0.3, -0.25) is 0 Å². The Bertz CT molecular complexity index is 2980. The topological polar surface area (TPSA) is 0 Å². The molecular weight excluding hydrogens is 841 g/mol. The van der Waals surface area contributed by atoms with Crippen LogP contribution < -0.4 is 0 Å². The molecule has 2 aliphatic rings. The van der Waals surface area contributed by atoms with E-state index in [1.54, 1.807) is 0 Å². The van der Waals surface area contributed by atoms with Crippen LogP contribution in [0.1, 0.15) is 78.0 Å². The Hall–Kier alpha value is -7.80. The first-order valence-corrected chi connectivity index (χ1v) is 24.8. The molecule has 1 unspecified atom stereocenters. The molecule has 0 saturated carbocycles. The van der Waals surface area contributed by atoms with Crippen LogP contribution in [0.3, 0.4) is 0 Å². The van der Waals surface area contributed by atoms with Crippen molar-refractivity contribution in [1.82, 2.24) is 0 Å². The second kappa shape index (κ2) is 26.1. The maximum absolute atomic E-state index is 3.00. The maximum Gasteiger partial charge on any atom is 0.00561 e. The number of benzene rings is 8. The van der Waals surface area contributed by atoms with Gasteiger partial charge in [-0.05, 0) is 189 Å². The zero-order valence-electron chi connectivity index (χ0n) is 42.4. The van der Waals surface area contributed by atoms with Gasteiger partial charge in [-0.1, -0.05) is 202 Å². The van der Waals surface area contributed by atoms with E-state index in [0.29, 0.717) is 5.92 Å². The van der Waals surface area contributed by atoms with Crippen molar-refractivity contribution in [3.63, 3.8) is 0 Å². The van der Waals surface area contributed by atoms with Crippen LogP contribution in [0.4, 0.5) is 0 Å². The number of rotatable bonds is 8. The number of hydrogen-bond donors (Lipinski definition) is 0. The highest BCUT2D eigenvalue weighted by atomic mass is 14.2. The van der Waals surface area contributed by atoms with Gasteiger partial charge < -0.3 is 0 Å². The zero-order chi connectivity index (χ0) is 49.8. The Balaban J connectivity index is 0.000000508. The standard InChI is InChI=1S/C56H46.C8H10.C2H6.2C2H4/c1-39-27-29-45(51-33-47(41-17-7-3-8-18-41)31-48(34-51)42-19-9-4-10-20-42)37-55(39)53-25-15-16-26-54(53)56-38-46(30-28-40(56)2)52-35-49(43-21-11-5-12-22-43)32-50(36-52)44-23-13-6-14-24-44;1-7-5-3-4-6-8(7)2;3*1-2/h3-15,17-23,25,27-38,44H,16,24,26H2,1-2H3;3-6H,1-2H3;1-2H3;2*1-2H2. The van der Waals surface area contributed by atoms with Gasteiger partial charge in [0.05, 0.1) is 0 Å². The summed E-state index contributed by atoms with van der Waals surface area (Å²) in [5, 5.41) is 0. The lowest BCUT2D eigenvalue weighted by molar-refractivity contribution is 0.854. The SMILES string of the molecule is C=C.C=C.CC.Cc1ccc(-c2cc(-c3ccccc3)cc(-c3ccccc3)c2)cc1C1=C(c2cc(-c3cc(-c4ccccc4)cc(C4C=CC=CC4)c3)ccc2C)CCC=C1.Cc1ccccc1C. The third kappa shape index (κ3) is 12.8. The molecule has 70 heavy (non-hydrogen) atoms. The summed E-state index contributed by atoms with van der Waals surface area (Å²) in [5.74, 6) is 0.373. The monoisotopic (exact) mass is 911 g/mol. The van der Waals surface area contributed by atoms with Crippen molar-refractivity contribution in [2.45, 2.75) is 66.7 Å². The molecule has 350 valence electrons. The zero-order valence-corrected chi connectivity index (χ0v) is 42.4. The van der Waals surface area contributed by atoms with Gasteiger partial charge in [-0.25, -0.2) is 0 Å². The fourth-order valence-corrected chi connectivity index (χ4v) is 9.12. The largest absolute Gasteiger partial charge is 0.106 e. The molecule has 0 nitrogen and oxygen atoms in total. The van der Waals surface area contributed by atoms with Gasteiger partial charge in [0.15, 0.2) is 0 Å². The summed E-state index contributed by atoms with van der Waals surface area (Å²) in [6.07, 6.45) is 16.8. The highest BCUT2D eigenvalue weighted by molar-refractivity contribution is 5.99. The summed E-state index contributed by atoms with van der Waals surface area (Å²) in [6.45, 7) is 24.8.